The van der Waals surface area contributed by atoms with Gasteiger partial charge in [-0.05, 0) is 24.5 Å². The Labute approximate surface area is 108 Å². The molecule has 0 aliphatic heterocycles. The van der Waals surface area contributed by atoms with Crippen LogP contribution in [0.1, 0.15) is 32.0 Å². The van der Waals surface area contributed by atoms with Crippen molar-refractivity contribution in [2.75, 3.05) is 6.54 Å². The van der Waals surface area contributed by atoms with Gasteiger partial charge in [0.15, 0.2) is 0 Å². The minimum Gasteiger partial charge on any atom is -0.340 e. The van der Waals surface area contributed by atoms with Gasteiger partial charge >= 0.3 is 0 Å². The predicted octanol–water partition coefficient (Wildman–Crippen LogP) is 2.56. The summed E-state index contributed by atoms with van der Waals surface area (Å²) in [5.74, 6) is 1.87. The van der Waals surface area contributed by atoms with Crippen molar-refractivity contribution < 1.29 is 0 Å². The van der Waals surface area contributed by atoms with Gasteiger partial charge in [-0.25, -0.2) is 4.98 Å². The average molecular weight is 244 g/mol. The molecule has 18 heavy (non-hydrogen) atoms. The standard InChI is InChI=1S/C14H20N4/c1-10(2)7-11(8-15)14-17-9-13(18-14)12-5-3-4-6-16-12/h3-6,9-11H,7-8,15H2,1-2H3,(H,17,18). The van der Waals surface area contributed by atoms with Crippen molar-refractivity contribution in [2.45, 2.75) is 26.2 Å². The number of nitrogens with two attached hydrogens (primary N) is 1. The van der Waals surface area contributed by atoms with Crippen LogP contribution in [0.4, 0.5) is 0 Å². The fourth-order valence-electron chi connectivity index (χ4n) is 2.08. The summed E-state index contributed by atoms with van der Waals surface area (Å²) in [4.78, 5) is 12.1. The molecule has 0 radical (unpaired) electrons. The zero-order chi connectivity index (χ0) is 13.0. The minimum absolute atomic E-state index is 0.294. The zero-order valence-electron chi connectivity index (χ0n) is 10.9. The molecule has 4 nitrogen and oxygen atoms in total. The topological polar surface area (TPSA) is 67.6 Å². The van der Waals surface area contributed by atoms with Crippen molar-refractivity contribution in [1.29, 1.82) is 0 Å². The number of imidazole rings is 1. The van der Waals surface area contributed by atoms with Gasteiger partial charge in [-0.1, -0.05) is 19.9 Å². The van der Waals surface area contributed by atoms with Gasteiger partial charge in [-0.3, -0.25) is 4.98 Å². The lowest BCUT2D eigenvalue weighted by molar-refractivity contribution is 0.490. The van der Waals surface area contributed by atoms with Crippen LogP contribution < -0.4 is 5.73 Å². The molecule has 0 saturated heterocycles. The summed E-state index contributed by atoms with van der Waals surface area (Å²) in [6.45, 7) is 5.02. The quantitative estimate of drug-likeness (QED) is 0.849. The van der Waals surface area contributed by atoms with E-state index >= 15 is 0 Å². The van der Waals surface area contributed by atoms with Gasteiger partial charge in [-0.2, -0.15) is 0 Å². The minimum atomic E-state index is 0.294. The highest BCUT2D eigenvalue weighted by Gasteiger charge is 2.15. The summed E-state index contributed by atoms with van der Waals surface area (Å²) < 4.78 is 0. The van der Waals surface area contributed by atoms with Crippen LogP contribution in [0.3, 0.4) is 0 Å². The van der Waals surface area contributed by atoms with Gasteiger partial charge in [0, 0.05) is 18.7 Å². The van der Waals surface area contributed by atoms with Gasteiger partial charge in [0.05, 0.1) is 17.6 Å². The molecule has 96 valence electrons. The van der Waals surface area contributed by atoms with Gasteiger partial charge in [-0.15, -0.1) is 0 Å². The second-order valence-corrected chi connectivity index (χ2v) is 4.96. The molecule has 0 fully saturated rings. The van der Waals surface area contributed by atoms with Gasteiger partial charge in [0.2, 0.25) is 0 Å². The number of pyridine rings is 1. The molecule has 2 aromatic rings. The van der Waals surface area contributed by atoms with Crippen LogP contribution in [-0.4, -0.2) is 21.5 Å². The van der Waals surface area contributed by atoms with E-state index in [1.165, 1.54) is 0 Å². The lowest BCUT2D eigenvalue weighted by atomic mass is 9.97. The number of aromatic nitrogens is 3. The Morgan fingerprint density at radius 1 is 1.28 bits per heavy atom. The number of aromatic amines is 1. The summed E-state index contributed by atoms with van der Waals surface area (Å²) in [7, 11) is 0. The number of nitrogens with one attached hydrogen (secondary N) is 1. The Morgan fingerprint density at radius 2 is 2.11 bits per heavy atom. The van der Waals surface area contributed by atoms with Crippen molar-refractivity contribution in [2.24, 2.45) is 11.7 Å². The van der Waals surface area contributed by atoms with Crippen molar-refractivity contribution in [3.63, 3.8) is 0 Å². The molecule has 4 heteroatoms. The highest BCUT2D eigenvalue weighted by molar-refractivity contribution is 5.52. The average Bonchev–Trinajstić information content (AvgIpc) is 2.86. The predicted molar refractivity (Wildman–Crippen MR) is 73.1 cm³/mol. The molecule has 0 saturated carbocycles. The third-order valence-corrected chi connectivity index (χ3v) is 2.96. The monoisotopic (exact) mass is 244 g/mol. The lowest BCUT2D eigenvalue weighted by Crippen LogP contribution is -2.16. The molecule has 2 rings (SSSR count). The molecular formula is C14H20N4. The van der Waals surface area contributed by atoms with Crippen LogP contribution in [0.2, 0.25) is 0 Å². The van der Waals surface area contributed by atoms with Crippen LogP contribution in [0.5, 0.6) is 0 Å². The third-order valence-electron chi connectivity index (χ3n) is 2.96. The van der Waals surface area contributed by atoms with Crippen molar-refractivity contribution >= 4 is 0 Å². The van der Waals surface area contributed by atoms with Crippen molar-refractivity contribution in [3.8, 4) is 11.4 Å². The maximum Gasteiger partial charge on any atom is 0.110 e. The molecule has 0 bridgehead atoms. The first kappa shape index (κ1) is 12.8. The Morgan fingerprint density at radius 3 is 2.72 bits per heavy atom. The Hall–Kier alpha value is -1.68. The van der Waals surface area contributed by atoms with Gasteiger partial charge in [0.25, 0.3) is 0 Å². The molecule has 0 aliphatic carbocycles. The molecule has 2 aromatic heterocycles. The molecule has 0 amide bonds. The molecule has 0 aliphatic rings. The van der Waals surface area contributed by atoms with Crippen LogP contribution in [-0.2, 0) is 0 Å². The van der Waals surface area contributed by atoms with E-state index in [1.54, 1.807) is 6.20 Å². The molecule has 0 aromatic carbocycles. The maximum absolute atomic E-state index is 5.83. The van der Waals surface area contributed by atoms with Crippen LogP contribution >= 0.6 is 0 Å². The van der Waals surface area contributed by atoms with Gasteiger partial charge in [0.1, 0.15) is 5.82 Å². The van der Waals surface area contributed by atoms with E-state index in [4.69, 9.17) is 5.73 Å². The van der Waals surface area contributed by atoms with E-state index in [0.29, 0.717) is 18.4 Å². The summed E-state index contributed by atoms with van der Waals surface area (Å²) >= 11 is 0. The summed E-state index contributed by atoms with van der Waals surface area (Å²) in [6, 6.07) is 5.84. The molecule has 1 atom stereocenters. The zero-order valence-corrected chi connectivity index (χ0v) is 10.9. The summed E-state index contributed by atoms with van der Waals surface area (Å²) in [5, 5.41) is 0. The first-order chi connectivity index (χ1) is 8.70. The first-order valence-corrected chi connectivity index (χ1v) is 6.37. The first-order valence-electron chi connectivity index (χ1n) is 6.37. The highest BCUT2D eigenvalue weighted by atomic mass is 14.9. The van der Waals surface area contributed by atoms with E-state index in [1.807, 2.05) is 24.4 Å². The van der Waals surface area contributed by atoms with E-state index in [2.05, 4.69) is 28.8 Å². The van der Waals surface area contributed by atoms with Crippen molar-refractivity contribution in [3.05, 3.63) is 36.4 Å². The number of H-pyrrole nitrogens is 1. The van der Waals surface area contributed by atoms with Crippen LogP contribution in [0.25, 0.3) is 11.4 Å². The number of hydrogen-bond donors (Lipinski definition) is 2. The van der Waals surface area contributed by atoms with Gasteiger partial charge < -0.3 is 10.7 Å². The third kappa shape index (κ3) is 2.96. The maximum atomic E-state index is 5.83. The van der Waals surface area contributed by atoms with E-state index in [-0.39, 0.29) is 0 Å². The van der Waals surface area contributed by atoms with E-state index in [9.17, 15) is 0 Å². The Bertz CT molecular complexity index is 476. The Kier molecular flexibility index (Phi) is 4.10. The number of nitrogens with zero attached hydrogens (tertiary/aromatic N) is 2. The second kappa shape index (κ2) is 5.78. The summed E-state index contributed by atoms with van der Waals surface area (Å²) in [5.41, 5.74) is 7.69. The molecule has 0 spiro atoms. The molecule has 2 heterocycles. The normalized spacial score (nSPS) is 12.9. The van der Waals surface area contributed by atoms with E-state index in [0.717, 1.165) is 23.6 Å². The fourth-order valence-corrected chi connectivity index (χ4v) is 2.08. The fraction of sp³-hybridized carbons (Fsp3) is 0.429. The van der Waals surface area contributed by atoms with Crippen LogP contribution in [0, 0.1) is 5.92 Å². The second-order valence-electron chi connectivity index (χ2n) is 4.96. The lowest BCUT2D eigenvalue weighted by Gasteiger charge is -2.14. The van der Waals surface area contributed by atoms with E-state index < -0.39 is 0 Å². The number of hydrogen-bond acceptors (Lipinski definition) is 3. The Balaban J connectivity index is 2.19. The smallest absolute Gasteiger partial charge is 0.110 e. The molecule has 1 unspecified atom stereocenters. The van der Waals surface area contributed by atoms with Crippen molar-refractivity contribution in [1.82, 2.24) is 15.0 Å². The molecular weight excluding hydrogens is 224 g/mol. The largest absolute Gasteiger partial charge is 0.340 e. The van der Waals surface area contributed by atoms with Crippen LogP contribution in [0.15, 0.2) is 30.6 Å². The summed E-state index contributed by atoms with van der Waals surface area (Å²) in [6.07, 6.45) is 4.66. The number of rotatable bonds is 5. The molecule has 3 N–H and O–H groups in total. The SMILES string of the molecule is CC(C)CC(CN)c1ncc(-c2ccccn2)[nH]1. The highest BCUT2D eigenvalue weighted by Crippen LogP contribution is 2.22.